The predicted octanol–water partition coefficient (Wildman–Crippen LogP) is 1.58. The quantitative estimate of drug-likeness (QED) is 0.767. The maximum atomic E-state index is 5.92. The maximum Gasteiger partial charge on any atom is 0.263 e. The molecule has 0 spiro atoms. The fourth-order valence-electron chi connectivity index (χ4n) is 2.47. The van der Waals surface area contributed by atoms with E-state index in [-0.39, 0.29) is 5.92 Å². The van der Waals surface area contributed by atoms with Crippen LogP contribution in [0.15, 0.2) is 35.0 Å². The summed E-state index contributed by atoms with van der Waals surface area (Å²) in [4.78, 5) is 4.44. The number of hydrogen-bond donors (Lipinski definition) is 1. The van der Waals surface area contributed by atoms with Crippen LogP contribution in [0, 0.1) is 0 Å². The Morgan fingerprint density at radius 1 is 1.33 bits per heavy atom. The molecule has 0 radical (unpaired) electrons. The number of benzene rings is 1. The van der Waals surface area contributed by atoms with E-state index in [1.54, 1.807) is 17.9 Å². The highest BCUT2D eigenvalue weighted by Gasteiger charge is 2.30. The van der Waals surface area contributed by atoms with Crippen LogP contribution < -0.4 is 10.5 Å². The predicted molar refractivity (Wildman–Crippen MR) is 74.7 cm³/mol. The van der Waals surface area contributed by atoms with Crippen LogP contribution in [0.5, 0.6) is 5.75 Å². The van der Waals surface area contributed by atoms with Crippen molar-refractivity contribution >= 4 is 5.82 Å². The minimum absolute atomic E-state index is 0.0170. The van der Waals surface area contributed by atoms with Crippen LogP contribution in [-0.4, -0.2) is 26.5 Å². The van der Waals surface area contributed by atoms with Gasteiger partial charge in [-0.25, -0.2) is 0 Å². The van der Waals surface area contributed by atoms with Crippen LogP contribution in [-0.2, 0) is 7.05 Å². The Hall–Kier alpha value is -2.83. The summed E-state index contributed by atoms with van der Waals surface area (Å²) in [5.74, 6) is 2.32. The molecule has 1 aliphatic heterocycles. The van der Waals surface area contributed by atoms with E-state index in [2.05, 4.69) is 15.2 Å². The standard InChI is InChI=1S/C14H13N5O2/c1-19-12(15)9(6-16-19)14-17-13(18-21-14)10-7-20-11-5-3-2-4-8(10)11/h2-6,10H,7,15H2,1H3. The van der Waals surface area contributed by atoms with Gasteiger partial charge in [-0.1, -0.05) is 23.4 Å². The van der Waals surface area contributed by atoms with Crippen LogP contribution in [0.4, 0.5) is 5.82 Å². The Labute approximate surface area is 120 Å². The molecule has 0 fully saturated rings. The van der Waals surface area contributed by atoms with Gasteiger partial charge in [0.2, 0.25) is 0 Å². The lowest BCUT2D eigenvalue weighted by molar-refractivity contribution is 0.335. The Balaban J connectivity index is 1.71. The zero-order chi connectivity index (χ0) is 14.4. The highest BCUT2D eigenvalue weighted by Crippen LogP contribution is 2.37. The van der Waals surface area contributed by atoms with E-state index in [9.17, 15) is 0 Å². The molecule has 0 saturated carbocycles. The molecular formula is C14H13N5O2. The maximum absolute atomic E-state index is 5.92. The molecule has 4 rings (SSSR count). The van der Waals surface area contributed by atoms with Gasteiger partial charge in [-0.15, -0.1) is 0 Å². The Morgan fingerprint density at radius 2 is 2.19 bits per heavy atom. The van der Waals surface area contributed by atoms with Crippen molar-refractivity contribution in [2.45, 2.75) is 5.92 Å². The third-order valence-electron chi connectivity index (χ3n) is 3.67. The number of nitrogen functional groups attached to an aromatic ring is 1. The first-order valence-corrected chi connectivity index (χ1v) is 6.57. The summed E-state index contributed by atoms with van der Waals surface area (Å²) >= 11 is 0. The molecule has 7 heteroatoms. The highest BCUT2D eigenvalue weighted by molar-refractivity contribution is 5.66. The van der Waals surface area contributed by atoms with Crippen molar-refractivity contribution < 1.29 is 9.26 Å². The number of nitrogens with zero attached hydrogens (tertiary/aromatic N) is 4. The van der Waals surface area contributed by atoms with Gasteiger partial charge < -0.3 is 15.0 Å². The number of anilines is 1. The fraction of sp³-hybridized carbons (Fsp3) is 0.214. The molecule has 1 unspecified atom stereocenters. The lowest BCUT2D eigenvalue weighted by atomic mass is 10.0. The van der Waals surface area contributed by atoms with Crippen LogP contribution >= 0.6 is 0 Å². The molecule has 2 aromatic heterocycles. The van der Waals surface area contributed by atoms with Crippen molar-refractivity contribution in [3.05, 3.63) is 41.9 Å². The van der Waals surface area contributed by atoms with Crippen molar-refractivity contribution in [2.75, 3.05) is 12.3 Å². The molecule has 3 heterocycles. The summed E-state index contributed by atoms with van der Waals surface area (Å²) in [5, 5.41) is 8.14. The number of rotatable bonds is 2. The van der Waals surface area contributed by atoms with Crippen molar-refractivity contribution in [2.24, 2.45) is 7.05 Å². The second kappa shape index (κ2) is 4.34. The van der Waals surface area contributed by atoms with Gasteiger partial charge in [0.1, 0.15) is 23.7 Å². The van der Waals surface area contributed by atoms with E-state index in [0.29, 0.717) is 29.7 Å². The van der Waals surface area contributed by atoms with Crippen LogP contribution in [0.1, 0.15) is 17.3 Å². The number of ether oxygens (including phenoxy) is 1. The second-order valence-electron chi connectivity index (χ2n) is 4.93. The summed E-state index contributed by atoms with van der Waals surface area (Å²) in [6.07, 6.45) is 1.62. The molecule has 106 valence electrons. The summed E-state index contributed by atoms with van der Waals surface area (Å²) in [6.45, 7) is 0.515. The summed E-state index contributed by atoms with van der Waals surface area (Å²) in [6, 6.07) is 7.87. The lowest BCUT2D eigenvalue weighted by Crippen LogP contribution is -2.04. The Bertz CT molecular complexity index is 807. The smallest absolute Gasteiger partial charge is 0.263 e. The average molecular weight is 283 g/mol. The molecule has 1 aliphatic rings. The minimum atomic E-state index is -0.0170. The lowest BCUT2D eigenvalue weighted by Gasteiger charge is -2.01. The fourth-order valence-corrected chi connectivity index (χ4v) is 2.47. The highest BCUT2D eigenvalue weighted by atomic mass is 16.5. The molecule has 1 aromatic carbocycles. The van der Waals surface area contributed by atoms with Crippen molar-refractivity contribution in [1.82, 2.24) is 19.9 Å². The van der Waals surface area contributed by atoms with Crippen LogP contribution in [0.3, 0.4) is 0 Å². The topological polar surface area (TPSA) is 92.0 Å². The third-order valence-corrected chi connectivity index (χ3v) is 3.67. The molecule has 2 N–H and O–H groups in total. The monoisotopic (exact) mass is 283 g/mol. The molecule has 3 aromatic rings. The van der Waals surface area contributed by atoms with E-state index in [4.69, 9.17) is 15.0 Å². The van der Waals surface area contributed by atoms with E-state index in [1.165, 1.54) is 0 Å². The minimum Gasteiger partial charge on any atom is -0.492 e. The van der Waals surface area contributed by atoms with Gasteiger partial charge in [-0.05, 0) is 6.07 Å². The van der Waals surface area contributed by atoms with E-state index in [1.807, 2.05) is 24.3 Å². The number of fused-ring (bicyclic) bond motifs is 1. The zero-order valence-electron chi connectivity index (χ0n) is 11.4. The molecule has 0 bridgehead atoms. The molecule has 1 atom stereocenters. The van der Waals surface area contributed by atoms with E-state index >= 15 is 0 Å². The zero-order valence-corrected chi connectivity index (χ0v) is 11.4. The second-order valence-corrected chi connectivity index (χ2v) is 4.93. The molecule has 0 amide bonds. The number of nitrogens with two attached hydrogens (primary N) is 1. The first-order chi connectivity index (χ1) is 10.2. The molecular weight excluding hydrogens is 270 g/mol. The Kier molecular flexibility index (Phi) is 2.47. The summed E-state index contributed by atoms with van der Waals surface area (Å²) in [7, 11) is 1.76. The van der Waals surface area contributed by atoms with Crippen molar-refractivity contribution in [3.8, 4) is 17.2 Å². The summed E-state index contributed by atoms with van der Waals surface area (Å²) in [5.41, 5.74) is 7.64. The van der Waals surface area contributed by atoms with Crippen molar-refractivity contribution in [3.63, 3.8) is 0 Å². The number of aromatic nitrogens is 4. The summed E-state index contributed by atoms with van der Waals surface area (Å²) < 4.78 is 12.5. The van der Waals surface area contributed by atoms with Gasteiger partial charge in [0.15, 0.2) is 5.82 Å². The molecule has 7 nitrogen and oxygen atoms in total. The van der Waals surface area contributed by atoms with Gasteiger partial charge in [-0.3, -0.25) is 4.68 Å². The van der Waals surface area contributed by atoms with Gasteiger partial charge in [-0.2, -0.15) is 10.1 Å². The number of aryl methyl sites for hydroxylation is 1. The average Bonchev–Trinajstić information content (AvgIpc) is 3.19. The van der Waals surface area contributed by atoms with Gasteiger partial charge >= 0.3 is 0 Å². The first kappa shape index (κ1) is 12.0. The van der Waals surface area contributed by atoms with E-state index < -0.39 is 0 Å². The SMILES string of the molecule is Cn1ncc(-c2nc(C3COc4ccccc43)no2)c1N. The number of hydrogen-bond acceptors (Lipinski definition) is 6. The van der Waals surface area contributed by atoms with Crippen LogP contribution in [0.2, 0.25) is 0 Å². The largest absolute Gasteiger partial charge is 0.492 e. The molecule has 0 aliphatic carbocycles. The van der Waals surface area contributed by atoms with Gasteiger partial charge in [0.05, 0.1) is 12.1 Å². The third kappa shape index (κ3) is 1.78. The Morgan fingerprint density at radius 3 is 3.00 bits per heavy atom. The normalized spacial score (nSPS) is 16.7. The van der Waals surface area contributed by atoms with Crippen LogP contribution in [0.25, 0.3) is 11.5 Å². The molecule has 0 saturated heterocycles. The van der Waals surface area contributed by atoms with Gasteiger partial charge in [0, 0.05) is 12.6 Å². The van der Waals surface area contributed by atoms with Crippen molar-refractivity contribution in [1.29, 1.82) is 0 Å². The van der Waals surface area contributed by atoms with E-state index in [0.717, 1.165) is 11.3 Å². The van der Waals surface area contributed by atoms with Gasteiger partial charge in [0.25, 0.3) is 5.89 Å². The number of para-hydroxylation sites is 1. The molecule has 21 heavy (non-hydrogen) atoms. The first-order valence-electron chi connectivity index (χ1n) is 6.57.